The highest BCUT2D eigenvalue weighted by Crippen LogP contribution is 2.16. The van der Waals surface area contributed by atoms with Crippen molar-refractivity contribution in [3.8, 4) is 0 Å². The van der Waals surface area contributed by atoms with Gasteiger partial charge in [0.1, 0.15) is 0 Å². The summed E-state index contributed by atoms with van der Waals surface area (Å²) in [6.45, 7) is 5.95. The fourth-order valence-electron chi connectivity index (χ4n) is 2.08. The number of hydrogen-bond donors (Lipinski definition) is 2. The van der Waals surface area contributed by atoms with Gasteiger partial charge in [-0.1, -0.05) is 43.3 Å². The summed E-state index contributed by atoms with van der Waals surface area (Å²) in [7, 11) is 0. The summed E-state index contributed by atoms with van der Waals surface area (Å²) < 4.78 is 0. The van der Waals surface area contributed by atoms with Crippen molar-refractivity contribution >= 4 is 17.3 Å². The van der Waals surface area contributed by atoms with Crippen LogP contribution < -0.4 is 5.32 Å². The second-order valence-corrected chi connectivity index (χ2v) is 5.49. The van der Waals surface area contributed by atoms with E-state index in [2.05, 4.69) is 24.3 Å². The Morgan fingerprint density at radius 3 is 2.05 bits per heavy atom. The van der Waals surface area contributed by atoms with Crippen LogP contribution in [0.2, 0.25) is 0 Å². The Morgan fingerprint density at radius 2 is 1.55 bits per heavy atom. The normalized spacial score (nSPS) is 11.5. The Labute approximate surface area is 130 Å². The van der Waals surface area contributed by atoms with E-state index in [9.17, 15) is 4.79 Å². The van der Waals surface area contributed by atoms with Crippen molar-refractivity contribution < 1.29 is 10.0 Å². The summed E-state index contributed by atoms with van der Waals surface area (Å²) >= 11 is 0. The van der Waals surface area contributed by atoms with Gasteiger partial charge in [-0.05, 0) is 48.2 Å². The second-order valence-electron chi connectivity index (χ2n) is 5.49. The molecule has 0 aliphatic rings. The Morgan fingerprint density at radius 1 is 1.00 bits per heavy atom. The van der Waals surface area contributed by atoms with Crippen molar-refractivity contribution in [2.75, 3.05) is 5.32 Å². The standard InChI is InChI=1S/C18H20N2O2/c1-12(2)14-4-6-16(7-5-14)18(21)19-17-10-8-15(9-11-17)13(3)20-22/h4-12,22H,1-3H3,(H,19,21)/b20-13+. The summed E-state index contributed by atoms with van der Waals surface area (Å²) in [5.74, 6) is 0.302. The van der Waals surface area contributed by atoms with Gasteiger partial charge in [0.25, 0.3) is 5.91 Å². The number of nitrogens with zero attached hydrogens (tertiary/aromatic N) is 1. The molecule has 2 aromatic rings. The van der Waals surface area contributed by atoms with Crippen LogP contribution in [0, 0.1) is 0 Å². The van der Waals surface area contributed by atoms with E-state index in [4.69, 9.17) is 5.21 Å². The molecule has 0 bridgehead atoms. The number of hydrogen-bond acceptors (Lipinski definition) is 3. The molecule has 2 rings (SSSR count). The largest absolute Gasteiger partial charge is 0.411 e. The van der Waals surface area contributed by atoms with Gasteiger partial charge in [0, 0.05) is 11.3 Å². The average Bonchev–Trinajstić information content (AvgIpc) is 2.54. The molecule has 0 radical (unpaired) electrons. The summed E-state index contributed by atoms with van der Waals surface area (Å²) in [6, 6.07) is 14.8. The Bertz CT molecular complexity index is 671. The van der Waals surface area contributed by atoms with E-state index < -0.39 is 0 Å². The lowest BCUT2D eigenvalue weighted by atomic mass is 10.0. The smallest absolute Gasteiger partial charge is 0.255 e. The first-order valence-electron chi connectivity index (χ1n) is 7.21. The summed E-state index contributed by atoms with van der Waals surface area (Å²) in [4.78, 5) is 12.2. The second kappa shape index (κ2) is 6.89. The number of oxime groups is 1. The predicted octanol–water partition coefficient (Wildman–Crippen LogP) is 4.26. The molecule has 0 atom stereocenters. The third-order valence-electron chi connectivity index (χ3n) is 3.55. The monoisotopic (exact) mass is 296 g/mol. The van der Waals surface area contributed by atoms with Crippen LogP contribution in [-0.4, -0.2) is 16.8 Å². The van der Waals surface area contributed by atoms with Gasteiger partial charge in [-0.2, -0.15) is 0 Å². The Balaban J connectivity index is 2.08. The number of benzene rings is 2. The molecule has 2 N–H and O–H groups in total. The van der Waals surface area contributed by atoms with E-state index >= 15 is 0 Å². The van der Waals surface area contributed by atoms with Crippen molar-refractivity contribution in [2.24, 2.45) is 5.16 Å². The molecule has 0 heterocycles. The van der Waals surface area contributed by atoms with Crippen molar-refractivity contribution in [3.63, 3.8) is 0 Å². The molecule has 0 aromatic heterocycles. The highest BCUT2D eigenvalue weighted by Gasteiger charge is 2.07. The fourth-order valence-corrected chi connectivity index (χ4v) is 2.08. The van der Waals surface area contributed by atoms with Crippen LogP contribution in [0.25, 0.3) is 0 Å². The van der Waals surface area contributed by atoms with Crippen LogP contribution in [0.15, 0.2) is 53.7 Å². The van der Waals surface area contributed by atoms with Crippen LogP contribution in [0.1, 0.15) is 48.2 Å². The van der Waals surface area contributed by atoms with Crippen LogP contribution in [0.3, 0.4) is 0 Å². The minimum absolute atomic E-state index is 0.143. The Kier molecular flexibility index (Phi) is 4.94. The van der Waals surface area contributed by atoms with Gasteiger partial charge in [0.2, 0.25) is 0 Å². The van der Waals surface area contributed by atoms with Crippen molar-refractivity contribution in [2.45, 2.75) is 26.7 Å². The lowest BCUT2D eigenvalue weighted by Gasteiger charge is -2.08. The number of anilines is 1. The molecule has 4 nitrogen and oxygen atoms in total. The van der Waals surface area contributed by atoms with Crippen LogP contribution in [0.5, 0.6) is 0 Å². The quantitative estimate of drug-likeness (QED) is 0.503. The van der Waals surface area contributed by atoms with Gasteiger partial charge in [0.15, 0.2) is 0 Å². The molecule has 0 fully saturated rings. The van der Waals surface area contributed by atoms with E-state index in [-0.39, 0.29) is 5.91 Å². The van der Waals surface area contributed by atoms with Crippen molar-refractivity contribution in [1.29, 1.82) is 0 Å². The lowest BCUT2D eigenvalue weighted by molar-refractivity contribution is 0.102. The number of rotatable bonds is 4. The van der Waals surface area contributed by atoms with Gasteiger partial charge in [-0.25, -0.2) is 0 Å². The molecule has 4 heteroatoms. The van der Waals surface area contributed by atoms with Gasteiger partial charge in [-0.15, -0.1) is 0 Å². The van der Waals surface area contributed by atoms with Crippen molar-refractivity contribution in [1.82, 2.24) is 0 Å². The fraction of sp³-hybridized carbons (Fsp3) is 0.222. The first-order valence-corrected chi connectivity index (χ1v) is 7.21. The lowest BCUT2D eigenvalue weighted by Crippen LogP contribution is -2.12. The molecule has 114 valence electrons. The minimum Gasteiger partial charge on any atom is -0.411 e. The number of carbonyl (C=O) groups excluding carboxylic acids is 1. The van der Waals surface area contributed by atoms with E-state index in [1.807, 2.05) is 24.3 Å². The maximum Gasteiger partial charge on any atom is 0.255 e. The first kappa shape index (κ1) is 15.8. The topological polar surface area (TPSA) is 61.7 Å². The van der Waals surface area contributed by atoms with E-state index in [1.165, 1.54) is 5.56 Å². The van der Waals surface area contributed by atoms with Crippen LogP contribution in [-0.2, 0) is 0 Å². The molecular weight excluding hydrogens is 276 g/mol. The van der Waals surface area contributed by atoms with Crippen molar-refractivity contribution in [3.05, 3.63) is 65.2 Å². The third kappa shape index (κ3) is 3.73. The summed E-state index contributed by atoms with van der Waals surface area (Å²) in [6.07, 6.45) is 0. The molecule has 2 aromatic carbocycles. The van der Waals surface area contributed by atoms with Gasteiger partial charge in [-0.3, -0.25) is 4.79 Å². The van der Waals surface area contributed by atoms with E-state index in [1.54, 1.807) is 31.2 Å². The number of carbonyl (C=O) groups is 1. The maximum atomic E-state index is 12.2. The first-order chi connectivity index (χ1) is 10.5. The zero-order valence-corrected chi connectivity index (χ0v) is 13.0. The molecule has 0 spiro atoms. The highest BCUT2D eigenvalue weighted by atomic mass is 16.4. The van der Waals surface area contributed by atoms with Crippen LogP contribution >= 0.6 is 0 Å². The molecular formula is C18H20N2O2. The summed E-state index contributed by atoms with van der Waals surface area (Å²) in [5.41, 5.74) is 3.87. The predicted molar refractivity (Wildman–Crippen MR) is 88.9 cm³/mol. The number of amides is 1. The highest BCUT2D eigenvalue weighted by molar-refractivity contribution is 6.04. The Hall–Kier alpha value is -2.62. The molecule has 1 amide bonds. The maximum absolute atomic E-state index is 12.2. The SMILES string of the molecule is C/C(=N\O)c1ccc(NC(=O)c2ccc(C(C)C)cc2)cc1. The number of nitrogens with one attached hydrogen (secondary N) is 1. The molecule has 0 saturated carbocycles. The molecule has 0 unspecified atom stereocenters. The molecule has 0 saturated heterocycles. The van der Waals surface area contributed by atoms with Gasteiger partial charge < -0.3 is 10.5 Å². The molecule has 22 heavy (non-hydrogen) atoms. The summed E-state index contributed by atoms with van der Waals surface area (Å²) in [5, 5.41) is 14.7. The van der Waals surface area contributed by atoms with Crippen LogP contribution in [0.4, 0.5) is 5.69 Å². The van der Waals surface area contributed by atoms with Gasteiger partial charge in [0.05, 0.1) is 5.71 Å². The third-order valence-corrected chi connectivity index (χ3v) is 3.55. The minimum atomic E-state index is -0.143. The average molecular weight is 296 g/mol. The van der Waals surface area contributed by atoms with E-state index in [0.717, 1.165) is 5.56 Å². The zero-order chi connectivity index (χ0) is 16.1. The van der Waals surface area contributed by atoms with E-state index in [0.29, 0.717) is 22.9 Å². The molecule has 0 aliphatic heterocycles. The molecule has 0 aliphatic carbocycles. The zero-order valence-electron chi connectivity index (χ0n) is 13.0. The van der Waals surface area contributed by atoms with Gasteiger partial charge >= 0.3 is 0 Å².